The summed E-state index contributed by atoms with van der Waals surface area (Å²) in [6.07, 6.45) is 6.62. The molecule has 112 valence electrons. The largest absolute Gasteiger partial charge is 0.354 e. The molecule has 0 heterocycles. The second-order valence-corrected chi connectivity index (χ2v) is 6.54. The molecular weight excluding hydrogens is 349 g/mol. The lowest BCUT2D eigenvalue weighted by atomic mass is 9.80. The van der Waals surface area contributed by atoms with Crippen molar-refractivity contribution in [2.24, 2.45) is 22.7 Å². The number of guanidine groups is 1. The molecule has 0 amide bonds. The zero-order valence-corrected chi connectivity index (χ0v) is 15.1. The maximum Gasteiger partial charge on any atom is 0.191 e. The summed E-state index contributed by atoms with van der Waals surface area (Å²) in [6.45, 7) is 7.00. The van der Waals surface area contributed by atoms with Crippen molar-refractivity contribution in [2.75, 3.05) is 7.05 Å². The van der Waals surface area contributed by atoms with E-state index >= 15 is 0 Å². The number of nitrogens with zero attached hydrogens (tertiary/aromatic N) is 1. The average Bonchev–Trinajstić information content (AvgIpc) is 3.04. The Morgan fingerprint density at radius 1 is 1.11 bits per heavy atom. The summed E-state index contributed by atoms with van der Waals surface area (Å²) in [6, 6.07) is 1.28. The third-order valence-electron chi connectivity index (χ3n) is 4.71. The molecule has 2 aliphatic carbocycles. The van der Waals surface area contributed by atoms with Gasteiger partial charge in [0.1, 0.15) is 0 Å². The van der Waals surface area contributed by atoms with E-state index in [4.69, 9.17) is 0 Å². The van der Waals surface area contributed by atoms with Gasteiger partial charge in [0.05, 0.1) is 0 Å². The number of aliphatic imine (C=N–C) groups is 1. The van der Waals surface area contributed by atoms with Crippen molar-refractivity contribution in [3.05, 3.63) is 0 Å². The van der Waals surface area contributed by atoms with Crippen molar-refractivity contribution >= 4 is 29.9 Å². The van der Waals surface area contributed by atoms with Crippen molar-refractivity contribution in [3.8, 4) is 0 Å². The zero-order valence-electron chi connectivity index (χ0n) is 12.8. The van der Waals surface area contributed by atoms with E-state index in [9.17, 15) is 0 Å². The maximum atomic E-state index is 4.35. The fourth-order valence-corrected chi connectivity index (χ4v) is 2.99. The average molecular weight is 379 g/mol. The van der Waals surface area contributed by atoms with E-state index < -0.39 is 0 Å². The highest BCUT2D eigenvalue weighted by molar-refractivity contribution is 14.0. The topological polar surface area (TPSA) is 36.4 Å². The van der Waals surface area contributed by atoms with Crippen molar-refractivity contribution < 1.29 is 0 Å². The van der Waals surface area contributed by atoms with Crippen LogP contribution in [-0.4, -0.2) is 25.1 Å². The van der Waals surface area contributed by atoms with Crippen LogP contribution in [0.2, 0.25) is 0 Å². The molecule has 0 radical (unpaired) electrons. The van der Waals surface area contributed by atoms with Crippen LogP contribution in [0.15, 0.2) is 4.99 Å². The van der Waals surface area contributed by atoms with Gasteiger partial charge < -0.3 is 10.6 Å². The quantitative estimate of drug-likeness (QED) is 0.448. The van der Waals surface area contributed by atoms with Gasteiger partial charge in [-0.1, -0.05) is 20.8 Å². The molecule has 0 aromatic heterocycles. The fourth-order valence-electron chi connectivity index (χ4n) is 2.99. The molecule has 2 aliphatic rings. The van der Waals surface area contributed by atoms with Gasteiger partial charge in [0.15, 0.2) is 5.96 Å². The van der Waals surface area contributed by atoms with Crippen molar-refractivity contribution in [3.63, 3.8) is 0 Å². The van der Waals surface area contributed by atoms with E-state index in [1.165, 1.54) is 32.1 Å². The first-order chi connectivity index (χ1) is 8.60. The summed E-state index contributed by atoms with van der Waals surface area (Å²) < 4.78 is 0. The lowest BCUT2D eigenvalue weighted by Gasteiger charge is -2.32. The molecular formula is C15H30IN3. The van der Waals surface area contributed by atoms with E-state index in [1.54, 1.807) is 0 Å². The summed E-state index contributed by atoms with van der Waals surface area (Å²) in [5.41, 5.74) is 0. The first-order valence-electron chi connectivity index (χ1n) is 7.60. The number of halogens is 1. The summed E-state index contributed by atoms with van der Waals surface area (Å²) in [5, 5.41) is 7.11. The van der Waals surface area contributed by atoms with E-state index in [2.05, 4.69) is 36.4 Å². The van der Waals surface area contributed by atoms with Crippen LogP contribution in [0.5, 0.6) is 0 Å². The Hall–Kier alpha value is 0. The number of rotatable bonds is 3. The lowest BCUT2D eigenvalue weighted by Crippen LogP contribution is -2.46. The predicted octanol–water partition coefficient (Wildman–Crippen LogP) is 3.39. The number of nitrogens with one attached hydrogen (secondary N) is 2. The zero-order chi connectivity index (χ0) is 13.1. The maximum absolute atomic E-state index is 4.35. The molecule has 2 rings (SSSR count). The van der Waals surface area contributed by atoms with Gasteiger partial charge in [-0.25, -0.2) is 0 Å². The van der Waals surface area contributed by atoms with Gasteiger partial charge >= 0.3 is 0 Å². The van der Waals surface area contributed by atoms with Crippen LogP contribution >= 0.6 is 24.0 Å². The summed E-state index contributed by atoms with van der Waals surface area (Å²) in [7, 11) is 1.88. The van der Waals surface area contributed by atoms with Crippen LogP contribution in [0.1, 0.15) is 52.9 Å². The Morgan fingerprint density at radius 2 is 1.68 bits per heavy atom. The molecule has 19 heavy (non-hydrogen) atoms. The molecule has 0 aromatic rings. The first kappa shape index (κ1) is 17.1. The molecule has 2 saturated carbocycles. The molecule has 0 bridgehead atoms. The minimum atomic E-state index is 0. The second-order valence-electron chi connectivity index (χ2n) is 6.54. The molecule has 0 aromatic carbocycles. The Bertz CT molecular complexity index is 296. The van der Waals surface area contributed by atoms with Crippen molar-refractivity contribution in [2.45, 2.75) is 65.0 Å². The van der Waals surface area contributed by atoms with Gasteiger partial charge in [-0.15, -0.1) is 24.0 Å². The van der Waals surface area contributed by atoms with Gasteiger partial charge in [-0.3, -0.25) is 4.99 Å². The molecule has 2 fully saturated rings. The van der Waals surface area contributed by atoms with Gasteiger partial charge in [-0.2, -0.15) is 0 Å². The molecule has 4 heteroatoms. The van der Waals surface area contributed by atoms with Gasteiger partial charge in [0, 0.05) is 19.1 Å². The van der Waals surface area contributed by atoms with Gasteiger partial charge in [-0.05, 0) is 49.9 Å². The smallest absolute Gasteiger partial charge is 0.191 e. The molecule has 0 aliphatic heterocycles. The van der Waals surface area contributed by atoms with E-state index in [-0.39, 0.29) is 24.0 Å². The summed E-state index contributed by atoms with van der Waals surface area (Å²) in [4.78, 5) is 4.35. The highest BCUT2D eigenvalue weighted by atomic mass is 127. The van der Waals surface area contributed by atoms with Crippen molar-refractivity contribution in [1.82, 2.24) is 10.6 Å². The minimum Gasteiger partial charge on any atom is -0.354 e. The van der Waals surface area contributed by atoms with Crippen LogP contribution in [0, 0.1) is 17.8 Å². The Kier molecular flexibility index (Phi) is 6.91. The molecule has 0 spiro atoms. The summed E-state index contributed by atoms with van der Waals surface area (Å²) >= 11 is 0. The lowest BCUT2D eigenvalue weighted by molar-refractivity contribution is 0.250. The van der Waals surface area contributed by atoms with Gasteiger partial charge in [0.2, 0.25) is 0 Å². The molecule has 2 unspecified atom stereocenters. The van der Waals surface area contributed by atoms with Crippen LogP contribution in [0.3, 0.4) is 0 Å². The minimum absolute atomic E-state index is 0. The summed E-state index contributed by atoms with van der Waals surface area (Å²) in [5.74, 6) is 3.61. The standard InChI is InChI=1S/C15H29N3.HI/c1-10(2)12-5-7-13(8-6-12)17-15(16-4)18-14-9-11(14)3;/h10-14H,5-9H2,1-4H3,(H2,16,17,18);1H. The molecule has 2 atom stereocenters. The van der Waals surface area contributed by atoms with Crippen LogP contribution in [-0.2, 0) is 0 Å². The second kappa shape index (κ2) is 7.70. The first-order valence-corrected chi connectivity index (χ1v) is 7.60. The predicted molar refractivity (Wildman–Crippen MR) is 93.2 cm³/mol. The van der Waals surface area contributed by atoms with E-state index in [0.29, 0.717) is 12.1 Å². The Balaban J connectivity index is 0.00000180. The molecule has 0 saturated heterocycles. The molecule has 2 N–H and O–H groups in total. The van der Waals surface area contributed by atoms with Crippen molar-refractivity contribution in [1.29, 1.82) is 0 Å². The van der Waals surface area contributed by atoms with Crippen LogP contribution in [0.25, 0.3) is 0 Å². The highest BCUT2D eigenvalue weighted by Gasteiger charge is 2.33. The number of hydrogen-bond acceptors (Lipinski definition) is 1. The Labute approximate surface area is 135 Å². The van der Waals surface area contributed by atoms with E-state index in [0.717, 1.165) is 23.7 Å². The van der Waals surface area contributed by atoms with E-state index in [1.807, 2.05) is 7.05 Å². The van der Waals surface area contributed by atoms with Crippen LogP contribution < -0.4 is 10.6 Å². The fraction of sp³-hybridized carbons (Fsp3) is 0.933. The van der Waals surface area contributed by atoms with Gasteiger partial charge in [0.25, 0.3) is 0 Å². The monoisotopic (exact) mass is 379 g/mol. The normalized spacial score (nSPS) is 34.7. The highest BCUT2D eigenvalue weighted by Crippen LogP contribution is 2.30. The SMILES string of the molecule is CN=C(NC1CCC(C(C)C)CC1)NC1CC1C.I. The Morgan fingerprint density at radius 3 is 2.11 bits per heavy atom. The molecule has 3 nitrogen and oxygen atoms in total. The third-order valence-corrected chi connectivity index (χ3v) is 4.71. The van der Waals surface area contributed by atoms with Crippen LogP contribution in [0.4, 0.5) is 0 Å². The number of hydrogen-bond donors (Lipinski definition) is 2. The third kappa shape index (κ3) is 5.12.